The first-order valence-electron chi connectivity index (χ1n) is 40.4. The van der Waals surface area contributed by atoms with E-state index in [2.05, 4.69) is 48.5 Å². The topological polar surface area (TPSA) is 237 Å². The van der Waals surface area contributed by atoms with Crippen LogP contribution in [-0.4, -0.2) is 96.7 Å². The Labute approximate surface area is 594 Å². The number of phosphoric ester groups is 2. The molecule has 576 valence electrons. The van der Waals surface area contributed by atoms with Gasteiger partial charge in [-0.15, -0.1) is 0 Å². The van der Waals surface area contributed by atoms with Gasteiger partial charge in [-0.25, -0.2) is 9.13 Å². The second kappa shape index (κ2) is 68.5. The number of unbranched alkanes of at least 4 members (excludes halogenated alkanes) is 43. The van der Waals surface area contributed by atoms with Crippen LogP contribution in [0.15, 0.2) is 0 Å². The number of rotatable bonds is 76. The van der Waals surface area contributed by atoms with E-state index in [0.717, 1.165) is 114 Å². The summed E-state index contributed by atoms with van der Waals surface area (Å²) < 4.78 is 68.5. The Hall–Kier alpha value is -1.94. The molecule has 6 atom stereocenters. The van der Waals surface area contributed by atoms with Gasteiger partial charge in [0, 0.05) is 25.7 Å². The van der Waals surface area contributed by atoms with Gasteiger partial charge in [0.15, 0.2) is 12.2 Å². The predicted octanol–water partition coefficient (Wildman–Crippen LogP) is 23.0. The van der Waals surface area contributed by atoms with Crippen LogP contribution in [0.5, 0.6) is 0 Å². The molecule has 0 aliphatic carbocycles. The Morgan fingerprint density at radius 2 is 0.526 bits per heavy atom. The lowest BCUT2D eigenvalue weighted by atomic mass is 10.00. The fraction of sp³-hybridized carbons (Fsp3) is 0.949. The van der Waals surface area contributed by atoms with Crippen molar-refractivity contribution in [1.82, 2.24) is 0 Å². The van der Waals surface area contributed by atoms with Crippen LogP contribution in [0.2, 0.25) is 0 Å². The second-order valence-electron chi connectivity index (χ2n) is 29.3. The van der Waals surface area contributed by atoms with Gasteiger partial charge in [0.1, 0.15) is 19.3 Å². The van der Waals surface area contributed by atoms with Crippen LogP contribution in [0.4, 0.5) is 0 Å². The van der Waals surface area contributed by atoms with Crippen LogP contribution in [0.25, 0.3) is 0 Å². The zero-order chi connectivity index (χ0) is 71.6. The number of aliphatic hydroxyl groups excluding tert-OH is 1. The van der Waals surface area contributed by atoms with Gasteiger partial charge in [0.25, 0.3) is 0 Å². The van der Waals surface area contributed by atoms with E-state index < -0.39 is 97.5 Å². The number of ether oxygens (including phenoxy) is 4. The molecule has 0 saturated carbocycles. The van der Waals surface area contributed by atoms with Crippen molar-refractivity contribution in [2.45, 2.75) is 420 Å². The van der Waals surface area contributed by atoms with E-state index in [1.165, 1.54) is 205 Å². The number of hydrogen-bond acceptors (Lipinski definition) is 15. The van der Waals surface area contributed by atoms with Crippen molar-refractivity contribution in [3.8, 4) is 0 Å². The van der Waals surface area contributed by atoms with Gasteiger partial charge in [-0.1, -0.05) is 350 Å². The van der Waals surface area contributed by atoms with Crippen LogP contribution in [0, 0.1) is 17.8 Å². The molecule has 0 heterocycles. The highest BCUT2D eigenvalue weighted by Crippen LogP contribution is 2.45. The Morgan fingerprint density at radius 1 is 0.299 bits per heavy atom. The Kier molecular flexibility index (Phi) is 67.1. The van der Waals surface area contributed by atoms with E-state index in [0.29, 0.717) is 25.7 Å². The number of esters is 4. The summed E-state index contributed by atoms with van der Waals surface area (Å²) in [6.07, 6.45) is 55.8. The maximum absolute atomic E-state index is 13.1. The van der Waals surface area contributed by atoms with Gasteiger partial charge >= 0.3 is 39.5 Å². The van der Waals surface area contributed by atoms with Crippen molar-refractivity contribution in [2.24, 2.45) is 17.8 Å². The van der Waals surface area contributed by atoms with Crippen molar-refractivity contribution in [1.29, 1.82) is 0 Å². The molecular formula is C78H152O17P2. The molecule has 0 aromatic carbocycles. The average Bonchev–Trinajstić information content (AvgIpc) is 1.79. The highest BCUT2D eigenvalue weighted by Gasteiger charge is 2.30. The Bertz CT molecular complexity index is 1890. The average molecular weight is 1420 g/mol. The van der Waals surface area contributed by atoms with E-state index in [1.54, 1.807) is 0 Å². The van der Waals surface area contributed by atoms with E-state index in [4.69, 9.17) is 37.0 Å². The fourth-order valence-electron chi connectivity index (χ4n) is 11.9. The summed E-state index contributed by atoms with van der Waals surface area (Å²) in [5, 5.41) is 10.6. The van der Waals surface area contributed by atoms with E-state index >= 15 is 0 Å². The summed E-state index contributed by atoms with van der Waals surface area (Å²) in [6, 6.07) is 0. The minimum atomic E-state index is -4.96. The van der Waals surface area contributed by atoms with Gasteiger partial charge in [-0.2, -0.15) is 0 Å². The molecule has 0 amide bonds. The molecular weight excluding hydrogens is 1270 g/mol. The molecule has 0 spiro atoms. The van der Waals surface area contributed by atoms with Crippen molar-refractivity contribution < 1.29 is 80.2 Å². The molecule has 0 rings (SSSR count). The Balaban J connectivity index is 5.17. The zero-order valence-corrected chi connectivity index (χ0v) is 65.3. The van der Waals surface area contributed by atoms with Gasteiger partial charge in [0.05, 0.1) is 26.4 Å². The molecule has 3 unspecified atom stereocenters. The number of carbonyl (C=O) groups is 4. The third kappa shape index (κ3) is 70.9. The molecule has 0 fully saturated rings. The zero-order valence-electron chi connectivity index (χ0n) is 63.5. The van der Waals surface area contributed by atoms with Crippen molar-refractivity contribution in [3.63, 3.8) is 0 Å². The summed E-state index contributed by atoms with van der Waals surface area (Å²) in [5.74, 6) is 0.226. The second-order valence-corrected chi connectivity index (χ2v) is 32.2. The van der Waals surface area contributed by atoms with E-state index in [-0.39, 0.29) is 25.7 Å². The first-order valence-corrected chi connectivity index (χ1v) is 43.4. The highest BCUT2D eigenvalue weighted by atomic mass is 31.2. The smallest absolute Gasteiger partial charge is 0.462 e. The van der Waals surface area contributed by atoms with Crippen LogP contribution in [0.3, 0.4) is 0 Å². The molecule has 3 N–H and O–H groups in total. The molecule has 19 heteroatoms. The fourth-order valence-corrected chi connectivity index (χ4v) is 13.5. The van der Waals surface area contributed by atoms with Gasteiger partial charge in [-0.05, 0) is 43.4 Å². The maximum atomic E-state index is 13.1. The largest absolute Gasteiger partial charge is 0.472 e. The van der Waals surface area contributed by atoms with Crippen molar-refractivity contribution in [3.05, 3.63) is 0 Å². The van der Waals surface area contributed by atoms with Gasteiger partial charge < -0.3 is 33.8 Å². The summed E-state index contributed by atoms with van der Waals surface area (Å²) in [6.45, 7) is 11.9. The quantitative estimate of drug-likeness (QED) is 0.0222. The van der Waals surface area contributed by atoms with Gasteiger partial charge in [-0.3, -0.25) is 37.3 Å². The summed E-state index contributed by atoms with van der Waals surface area (Å²) >= 11 is 0. The van der Waals surface area contributed by atoms with Crippen LogP contribution in [0.1, 0.15) is 402 Å². The number of carbonyl (C=O) groups excluding carboxylic acids is 4. The SMILES string of the molecule is CCCCCCCCCCC(=O)OC[C@H](COP(=O)(O)OC[C@H](O)COP(=O)(O)OC[C@@H](COC(=O)CCCCCCCCCCCCCCCCCC(C)C)OC(=O)CCCCCCCCCCCCCCCCCCCCC(C)C)OC(=O)CCCCCCCCC(C)CC. The third-order valence-corrected chi connectivity index (χ3v) is 20.4. The maximum Gasteiger partial charge on any atom is 0.472 e. The van der Waals surface area contributed by atoms with Crippen molar-refractivity contribution in [2.75, 3.05) is 39.6 Å². The van der Waals surface area contributed by atoms with E-state index in [9.17, 15) is 43.2 Å². The standard InChI is InChI=1S/C78H152O17P2/c1-8-10-11-12-13-37-45-52-59-75(80)88-66-74(95-78(83)62-55-48-41-40-44-51-58-71(7)9-2)68-93-97(86,87)91-64-72(79)63-90-96(84,85)92-67-73(65-89-76(81)60-53-46-38-33-29-25-22-18-20-24-28-32-36-43-50-57-70(5)6)94-77(82)61-54-47-39-34-30-26-21-17-15-14-16-19-23-27-31-35-42-49-56-69(3)4/h69-74,79H,8-68H2,1-7H3,(H,84,85)(H,86,87)/t71?,72-,73-,74-/m1/s1. The molecule has 0 aliphatic rings. The van der Waals surface area contributed by atoms with Gasteiger partial charge in [0.2, 0.25) is 0 Å². The summed E-state index contributed by atoms with van der Waals surface area (Å²) in [7, 11) is -9.91. The normalized spacial score (nSPS) is 14.3. The van der Waals surface area contributed by atoms with E-state index in [1.807, 2.05) is 0 Å². The lowest BCUT2D eigenvalue weighted by molar-refractivity contribution is -0.161. The molecule has 0 aromatic heterocycles. The minimum Gasteiger partial charge on any atom is -0.462 e. The molecule has 0 bridgehead atoms. The van der Waals surface area contributed by atoms with Crippen LogP contribution >= 0.6 is 15.6 Å². The molecule has 0 aliphatic heterocycles. The first-order chi connectivity index (χ1) is 46.8. The predicted molar refractivity (Wildman–Crippen MR) is 395 cm³/mol. The molecule has 0 saturated heterocycles. The van der Waals surface area contributed by atoms with Crippen molar-refractivity contribution >= 4 is 39.5 Å². The molecule has 0 radical (unpaired) electrons. The lowest BCUT2D eigenvalue weighted by Gasteiger charge is -2.21. The number of hydrogen-bond donors (Lipinski definition) is 3. The summed E-state index contributed by atoms with van der Waals surface area (Å²) in [4.78, 5) is 72.7. The third-order valence-electron chi connectivity index (χ3n) is 18.5. The highest BCUT2D eigenvalue weighted by molar-refractivity contribution is 7.47. The van der Waals surface area contributed by atoms with Crippen LogP contribution in [-0.2, 0) is 65.4 Å². The monoisotopic (exact) mass is 1420 g/mol. The summed E-state index contributed by atoms with van der Waals surface area (Å²) in [5.41, 5.74) is 0. The molecule has 17 nitrogen and oxygen atoms in total. The molecule has 0 aromatic rings. The number of aliphatic hydroxyl groups is 1. The minimum absolute atomic E-state index is 0.103. The number of phosphoric acid groups is 2. The first kappa shape index (κ1) is 95.1. The molecule has 97 heavy (non-hydrogen) atoms. The Morgan fingerprint density at radius 3 is 0.784 bits per heavy atom. The lowest BCUT2D eigenvalue weighted by Crippen LogP contribution is -2.30. The van der Waals surface area contributed by atoms with Crippen LogP contribution < -0.4 is 0 Å².